The molecule has 35 heavy (non-hydrogen) atoms. The number of aryl methyl sites for hydroxylation is 1. The van der Waals surface area contributed by atoms with Crippen LogP contribution in [0.5, 0.6) is 0 Å². The average Bonchev–Trinajstić information content (AvgIpc) is 3.30. The number of amides is 1. The molecular formula is C27H19F3N4O. The van der Waals surface area contributed by atoms with Gasteiger partial charge in [-0.3, -0.25) is 9.78 Å². The fourth-order valence-corrected chi connectivity index (χ4v) is 3.93. The van der Waals surface area contributed by atoms with E-state index in [9.17, 15) is 18.0 Å². The molecule has 0 aliphatic heterocycles. The highest BCUT2D eigenvalue weighted by atomic mass is 19.4. The van der Waals surface area contributed by atoms with Crippen LogP contribution in [0.4, 0.5) is 18.9 Å². The number of nitrogens with one attached hydrogen (secondary N) is 2. The number of pyridine rings is 1. The molecule has 174 valence electrons. The van der Waals surface area contributed by atoms with Crippen molar-refractivity contribution in [2.75, 3.05) is 5.32 Å². The van der Waals surface area contributed by atoms with Crippen LogP contribution in [0, 0.1) is 6.92 Å². The number of benzene rings is 3. The third kappa shape index (κ3) is 4.50. The Kier molecular flexibility index (Phi) is 5.56. The topological polar surface area (TPSA) is 70.7 Å². The molecule has 0 saturated heterocycles. The third-order valence-corrected chi connectivity index (χ3v) is 5.70. The van der Waals surface area contributed by atoms with E-state index < -0.39 is 23.2 Å². The van der Waals surface area contributed by atoms with Crippen LogP contribution >= 0.6 is 0 Å². The van der Waals surface area contributed by atoms with Gasteiger partial charge in [-0.05, 0) is 53.9 Å². The van der Waals surface area contributed by atoms with Gasteiger partial charge in [-0.1, -0.05) is 42.5 Å². The van der Waals surface area contributed by atoms with Gasteiger partial charge in [0.1, 0.15) is 5.82 Å². The maximum atomic E-state index is 13.2. The lowest BCUT2D eigenvalue weighted by Gasteiger charge is -2.12. The Morgan fingerprint density at radius 2 is 1.66 bits per heavy atom. The van der Waals surface area contributed by atoms with Gasteiger partial charge in [-0.2, -0.15) is 13.2 Å². The summed E-state index contributed by atoms with van der Waals surface area (Å²) in [5.74, 6) is -0.114. The number of hydrogen-bond acceptors (Lipinski definition) is 3. The van der Waals surface area contributed by atoms with E-state index in [1.54, 1.807) is 24.3 Å². The van der Waals surface area contributed by atoms with Gasteiger partial charge in [0, 0.05) is 23.6 Å². The second-order valence-corrected chi connectivity index (χ2v) is 8.09. The highest BCUT2D eigenvalue weighted by Crippen LogP contribution is 2.32. The highest BCUT2D eigenvalue weighted by Gasteiger charge is 2.35. The number of imidazole rings is 1. The lowest BCUT2D eigenvalue weighted by molar-refractivity contribution is -0.138. The smallest absolute Gasteiger partial charge is 0.338 e. The Labute approximate surface area is 198 Å². The maximum Gasteiger partial charge on any atom is 0.417 e. The summed E-state index contributed by atoms with van der Waals surface area (Å²) in [5, 5.41) is 2.51. The predicted octanol–water partition coefficient (Wildman–Crippen LogP) is 6.87. The summed E-state index contributed by atoms with van der Waals surface area (Å²) in [7, 11) is 0. The molecule has 2 N–H and O–H groups in total. The number of carbonyl (C=O) groups excluding carboxylic acids is 1. The normalized spacial score (nSPS) is 11.5. The summed E-state index contributed by atoms with van der Waals surface area (Å²) in [4.78, 5) is 24.2. The monoisotopic (exact) mass is 472 g/mol. The molecule has 0 saturated carbocycles. The van der Waals surface area contributed by atoms with E-state index in [-0.39, 0.29) is 0 Å². The van der Waals surface area contributed by atoms with Crippen molar-refractivity contribution in [2.45, 2.75) is 13.1 Å². The van der Waals surface area contributed by atoms with E-state index in [1.165, 1.54) is 0 Å². The molecule has 5 nitrogen and oxygen atoms in total. The zero-order valence-electron chi connectivity index (χ0n) is 18.5. The summed E-state index contributed by atoms with van der Waals surface area (Å²) in [6.07, 6.45) is -2.73. The molecule has 0 radical (unpaired) electrons. The molecule has 0 fully saturated rings. The second-order valence-electron chi connectivity index (χ2n) is 8.09. The Morgan fingerprint density at radius 3 is 2.40 bits per heavy atom. The van der Waals surface area contributed by atoms with Crippen LogP contribution in [0.3, 0.4) is 0 Å². The van der Waals surface area contributed by atoms with Crippen molar-refractivity contribution < 1.29 is 18.0 Å². The first-order valence-electron chi connectivity index (χ1n) is 10.8. The molecular weight excluding hydrogens is 453 g/mol. The average molecular weight is 472 g/mol. The van der Waals surface area contributed by atoms with Gasteiger partial charge in [-0.25, -0.2) is 4.98 Å². The fraction of sp³-hybridized carbons (Fsp3) is 0.0741. The molecule has 0 aliphatic rings. The zero-order chi connectivity index (χ0) is 24.6. The van der Waals surface area contributed by atoms with E-state index >= 15 is 0 Å². The summed E-state index contributed by atoms with van der Waals surface area (Å²) >= 11 is 0. The van der Waals surface area contributed by atoms with Gasteiger partial charge in [-0.15, -0.1) is 0 Å². The molecule has 0 atom stereocenters. The molecule has 1 amide bonds. The molecule has 0 unspecified atom stereocenters. The van der Waals surface area contributed by atoms with E-state index in [1.807, 2.05) is 49.4 Å². The highest BCUT2D eigenvalue weighted by molar-refractivity contribution is 6.05. The first-order chi connectivity index (χ1) is 16.8. The van der Waals surface area contributed by atoms with E-state index in [0.29, 0.717) is 5.69 Å². The molecule has 2 heterocycles. The molecule has 3 aromatic carbocycles. The summed E-state index contributed by atoms with van der Waals surface area (Å²) < 4.78 is 39.6. The quantitative estimate of drug-likeness (QED) is 0.300. The number of aromatic nitrogens is 3. The van der Waals surface area contributed by atoms with Crippen molar-refractivity contribution in [3.05, 3.63) is 102 Å². The SMILES string of the molecule is Cc1cccc2[nH]c(-c3cccc(-c4ccc(NC(=O)c5cnccc5C(F)(F)F)cc4)c3)nc12. The fourth-order valence-electron chi connectivity index (χ4n) is 3.93. The molecule has 5 rings (SSSR count). The van der Waals surface area contributed by atoms with Crippen molar-refractivity contribution in [1.82, 2.24) is 15.0 Å². The zero-order valence-corrected chi connectivity index (χ0v) is 18.5. The van der Waals surface area contributed by atoms with E-state index in [4.69, 9.17) is 4.98 Å². The van der Waals surface area contributed by atoms with Crippen molar-refractivity contribution in [1.29, 1.82) is 0 Å². The molecule has 2 aromatic heterocycles. The summed E-state index contributed by atoms with van der Waals surface area (Å²) in [5.41, 5.74) is 4.54. The maximum absolute atomic E-state index is 13.2. The van der Waals surface area contributed by atoms with Crippen LogP contribution in [-0.4, -0.2) is 20.9 Å². The lowest BCUT2D eigenvalue weighted by atomic mass is 10.0. The molecule has 5 aromatic rings. The standard InChI is InChI=1S/C27H19F3N4O/c1-16-4-2-7-23-24(16)34-25(33-23)19-6-3-5-18(14-19)17-8-10-20(11-9-17)32-26(35)21-15-31-13-12-22(21)27(28,29)30/h2-15H,1H3,(H,32,35)(H,33,34). The molecule has 0 bridgehead atoms. The molecule has 8 heteroatoms. The summed E-state index contributed by atoms with van der Waals surface area (Å²) in [6, 6.07) is 21.5. The van der Waals surface area contributed by atoms with Crippen LogP contribution in [0.25, 0.3) is 33.5 Å². The van der Waals surface area contributed by atoms with Crippen LogP contribution in [-0.2, 0) is 6.18 Å². The first kappa shape index (κ1) is 22.3. The van der Waals surface area contributed by atoms with Gasteiger partial charge in [0.15, 0.2) is 0 Å². The van der Waals surface area contributed by atoms with Crippen LogP contribution in [0.15, 0.2) is 85.2 Å². The first-order valence-corrected chi connectivity index (χ1v) is 10.8. The largest absolute Gasteiger partial charge is 0.417 e. The minimum atomic E-state index is -4.65. The van der Waals surface area contributed by atoms with Gasteiger partial charge in [0.2, 0.25) is 0 Å². The third-order valence-electron chi connectivity index (χ3n) is 5.70. The number of fused-ring (bicyclic) bond motifs is 1. The number of H-pyrrole nitrogens is 1. The number of hydrogen-bond donors (Lipinski definition) is 2. The summed E-state index contributed by atoms with van der Waals surface area (Å²) in [6.45, 7) is 2.02. The van der Waals surface area contributed by atoms with Gasteiger partial charge < -0.3 is 10.3 Å². The van der Waals surface area contributed by atoms with Gasteiger partial charge >= 0.3 is 6.18 Å². The predicted molar refractivity (Wildman–Crippen MR) is 129 cm³/mol. The van der Waals surface area contributed by atoms with Crippen LogP contribution in [0.2, 0.25) is 0 Å². The van der Waals surface area contributed by atoms with Crippen molar-refractivity contribution >= 4 is 22.6 Å². The number of aromatic amines is 1. The van der Waals surface area contributed by atoms with Crippen molar-refractivity contribution in [2.24, 2.45) is 0 Å². The van der Waals surface area contributed by atoms with Gasteiger partial charge in [0.05, 0.1) is 22.2 Å². The molecule has 0 aliphatic carbocycles. The van der Waals surface area contributed by atoms with Crippen LogP contribution in [0.1, 0.15) is 21.5 Å². The number of anilines is 1. The minimum Gasteiger partial charge on any atom is -0.338 e. The number of para-hydroxylation sites is 1. The lowest BCUT2D eigenvalue weighted by Crippen LogP contribution is -2.19. The van der Waals surface area contributed by atoms with Gasteiger partial charge in [0.25, 0.3) is 5.91 Å². The Bertz CT molecular complexity index is 1540. The molecule has 0 spiro atoms. The van der Waals surface area contributed by atoms with Crippen molar-refractivity contribution in [3.63, 3.8) is 0 Å². The number of rotatable bonds is 4. The Morgan fingerprint density at radius 1 is 0.914 bits per heavy atom. The van der Waals surface area contributed by atoms with Crippen LogP contribution < -0.4 is 5.32 Å². The number of nitrogens with zero attached hydrogens (tertiary/aromatic N) is 2. The van der Waals surface area contributed by atoms with E-state index in [0.717, 1.165) is 57.6 Å². The second kappa shape index (κ2) is 8.72. The number of alkyl halides is 3. The number of halogens is 3. The Hall–Kier alpha value is -4.46. The minimum absolute atomic E-state index is 0.375. The number of carbonyl (C=O) groups is 1. The van der Waals surface area contributed by atoms with Crippen molar-refractivity contribution in [3.8, 4) is 22.5 Å². The van der Waals surface area contributed by atoms with E-state index in [2.05, 4.69) is 15.3 Å². The Balaban J connectivity index is 1.38.